The van der Waals surface area contributed by atoms with Gasteiger partial charge in [-0.3, -0.25) is 0 Å². The van der Waals surface area contributed by atoms with Gasteiger partial charge in [0, 0.05) is 0 Å². The van der Waals surface area contributed by atoms with E-state index in [4.69, 9.17) is 0 Å². The van der Waals surface area contributed by atoms with Gasteiger partial charge in [0.25, 0.3) is 0 Å². The lowest BCUT2D eigenvalue weighted by atomic mass is 9.80. The van der Waals surface area contributed by atoms with Crippen molar-refractivity contribution in [1.82, 2.24) is 0 Å². The van der Waals surface area contributed by atoms with Crippen molar-refractivity contribution >= 4 is 140 Å². The fourth-order valence-electron chi connectivity index (χ4n) is 24.2. The lowest BCUT2D eigenvalue weighted by Crippen LogP contribution is -1.95. The van der Waals surface area contributed by atoms with Gasteiger partial charge in [-0.05, 0) is 356 Å². The van der Waals surface area contributed by atoms with Crippen LogP contribution in [0.25, 0.3) is 296 Å². The van der Waals surface area contributed by atoms with Gasteiger partial charge >= 0.3 is 0 Å². The maximum atomic E-state index is 2.47. The molecule has 0 unspecified atom stereocenters. The zero-order valence-corrected chi connectivity index (χ0v) is 81.3. The minimum absolute atomic E-state index is 1.22. The molecule has 0 aliphatic rings. The summed E-state index contributed by atoms with van der Waals surface area (Å²) < 4.78 is 0. The van der Waals surface area contributed by atoms with Gasteiger partial charge in [-0.1, -0.05) is 510 Å². The molecule has 0 atom stereocenters. The Morgan fingerprint density at radius 1 is 0.0676 bits per heavy atom. The van der Waals surface area contributed by atoms with Crippen LogP contribution in [-0.4, -0.2) is 0 Å². The first-order chi connectivity index (χ1) is 73.4. The molecule has 0 aliphatic carbocycles. The lowest BCUT2D eigenvalue weighted by molar-refractivity contribution is 1.57. The second-order valence-electron chi connectivity index (χ2n) is 39.3. The Morgan fingerprint density at radius 2 is 0.243 bits per heavy atom. The summed E-state index contributed by atoms with van der Waals surface area (Å²) in [7, 11) is 0. The third-order valence-electron chi connectivity index (χ3n) is 31.0. The van der Waals surface area contributed by atoms with Crippen LogP contribution in [0.1, 0.15) is 0 Å². The summed E-state index contributed by atoms with van der Waals surface area (Å²) in [6.07, 6.45) is 0. The van der Waals surface area contributed by atoms with Crippen LogP contribution in [-0.2, 0) is 0 Å². The van der Waals surface area contributed by atoms with Gasteiger partial charge < -0.3 is 0 Å². The first-order valence-electron chi connectivity index (χ1n) is 51.4. The van der Waals surface area contributed by atoms with E-state index in [0.717, 1.165) is 0 Å². The molecule has 0 bridgehead atoms. The zero-order chi connectivity index (χ0) is 97.6. The largest absolute Gasteiger partial charge is 0.0622 e. The predicted octanol–water partition coefficient (Wildman–Crippen LogP) is 41.7. The minimum atomic E-state index is 1.22. The number of hydrogen-bond donors (Lipinski definition) is 0. The van der Waals surface area contributed by atoms with Crippen molar-refractivity contribution < 1.29 is 0 Å². The van der Waals surface area contributed by atoms with Crippen molar-refractivity contribution in [3.8, 4) is 156 Å². The van der Waals surface area contributed by atoms with Crippen molar-refractivity contribution in [3.05, 3.63) is 570 Å². The monoisotopic (exact) mass is 1870 g/mol. The van der Waals surface area contributed by atoms with Gasteiger partial charge in [0.15, 0.2) is 0 Å². The summed E-state index contributed by atoms with van der Waals surface area (Å²) in [4.78, 5) is 0. The number of hydrogen-bond acceptors (Lipinski definition) is 0. The van der Waals surface area contributed by atoms with E-state index in [1.165, 1.54) is 296 Å². The molecular weight excluding hydrogens is 1780 g/mol. The van der Waals surface area contributed by atoms with Crippen LogP contribution in [0, 0.1) is 0 Å². The topological polar surface area (TPSA) is 0 Å². The van der Waals surface area contributed by atoms with E-state index in [-0.39, 0.29) is 0 Å². The van der Waals surface area contributed by atoms with Crippen molar-refractivity contribution in [1.29, 1.82) is 0 Å². The summed E-state index contributed by atoms with van der Waals surface area (Å²) in [5.74, 6) is 0. The molecule has 0 N–H and O–H groups in total. The molecule has 30 aromatic rings. The van der Waals surface area contributed by atoms with E-state index in [1.54, 1.807) is 0 Å². The number of rotatable bonds is 14. The second kappa shape index (κ2) is 36.6. The number of fused-ring (bicyclic) bond motifs is 4. The quantitative estimate of drug-likeness (QED) is 0.0952. The van der Waals surface area contributed by atoms with Crippen molar-refractivity contribution in [2.24, 2.45) is 0 Å². The highest BCUT2D eigenvalue weighted by molar-refractivity contribution is 6.36. The Labute approximate surface area is 859 Å². The summed E-state index contributed by atoms with van der Waals surface area (Å²) in [6, 6.07) is 210. The molecule has 0 saturated heterocycles. The molecule has 0 saturated carbocycles. The van der Waals surface area contributed by atoms with E-state index < -0.39 is 0 Å². The molecule has 0 fully saturated rings. The highest BCUT2D eigenvalue weighted by Gasteiger charge is 2.28. The molecule has 0 spiro atoms. The minimum Gasteiger partial charge on any atom is -0.0622 e. The highest BCUT2D eigenvalue weighted by Crippen LogP contribution is 2.55. The maximum absolute atomic E-state index is 2.47. The molecule has 0 aromatic heterocycles. The van der Waals surface area contributed by atoms with Gasteiger partial charge in [-0.25, -0.2) is 0 Å². The van der Waals surface area contributed by atoms with Gasteiger partial charge in [0.1, 0.15) is 0 Å². The molecule has 0 heteroatoms. The van der Waals surface area contributed by atoms with Crippen LogP contribution >= 0.6 is 0 Å². The van der Waals surface area contributed by atoms with Crippen LogP contribution < -0.4 is 0 Å². The van der Waals surface area contributed by atoms with E-state index in [1.807, 2.05) is 0 Å². The van der Waals surface area contributed by atoms with E-state index >= 15 is 0 Å². The number of benzene rings is 30. The van der Waals surface area contributed by atoms with Crippen LogP contribution in [0.3, 0.4) is 0 Å². The van der Waals surface area contributed by atoms with Crippen LogP contribution in [0.4, 0.5) is 0 Å². The van der Waals surface area contributed by atoms with Crippen LogP contribution in [0.2, 0.25) is 0 Å². The Kier molecular flexibility index (Phi) is 21.4. The zero-order valence-electron chi connectivity index (χ0n) is 81.3. The first kappa shape index (κ1) is 86.6. The standard InChI is InChI=1S/C56H34.C52H34.C40H26/c1-5-21-39-35(13-1)17-9-25-43(39)51-33-52(44-26-10-18-36-14-2-6-22-40(36)44)48-31-32-50-54(46-28-12-20-38-16-4-8-24-42(38)46)34-53(49-30-29-47(51)55(48)56(49)50)45-27-11-19-37-15-3-7-23-41(37)45;1-5-13-35(14-6-1)41-29-42(36-15-7-2-8-16-36)32-45(31-41)47-25-21-39-24-28-50-48(26-22-40-23-27-49(47)51(39)52(40)50)46-33-43(37-17-9-3-10-18-37)30-44(34-46)38-19-11-4-12-20-38;1-5-13-27(14-6-1)35-25-36(28-15-7-2-8-16-28)32-23-24-34-38(30-19-11-4-12-20-30)26-37(29-17-9-3-10-18-29)33-22-21-31(35)39(32)40(33)34/h1-34H;1-34H;1-26H. The molecule has 0 radical (unpaired) electrons. The van der Waals surface area contributed by atoms with Crippen LogP contribution in [0.5, 0.6) is 0 Å². The maximum Gasteiger partial charge on any atom is -0.00139 e. The molecule has 0 aliphatic heterocycles. The van der Waals surface area contributed by atoms with Gasteiger partial charge in [0.05, 0.1) is 0 Å². The smallest absolute Gasteiger partial charge is 0.00139 e. The lowest BCUT2D eigenvalue weighted by Gasteiger charge is -2.23. The van der Waals surface area contributed by atoms with E-state index in [2.05, 4.69) is 570 Å². The molecular formula is C148H94. The fourth-order valence-corrected chi connectivity index (χ4v) is 24.2. The fraction of sp³-hybridized carbons (Fsp3) is 0. The molecule has 30 aromatic carbocycles. The highest BCUT2D eigenvalue weighted by atomic mass is 14.3. The predicted molar refractivity (Wildman–Crippen MR) is 637 cm³/mol. The summed E-state index contributed by atoms with van der Waals surface area (Å²) in [5, 5.41) is 33.4. The molecule has 686 valence electrons. The third kappa shape index (κ3) is 15.1. The first-order valence-corrected chi connectivity index (χ1v) is 51.4. The molecule has 148 heavy (non-hydrogen) atoms. The van der Waals surface area contributed by atoms with Crippen molar-refractivity contribution in [2.75, 3.05) is 0 Å². The van der Waals surface area contributed by atoms with Gasteiger partial charge in [0.2, 0.25) is 0 Å². The molecule has 0 nitrogen and oxygen atoms in total. The molecule has 0 amide bonds. The Balaban J connectivity index is 0.000000109. The van der Waals surface area contributed by atoms with E-state index in [0.29, 0.717) is 0 Å². The summed E-state index contributed by atoms with van der Waals surface area (Å²) >= 11 is 0. The Morgan fingerprint density at radius 3 is 0.486 bits per heavy atom. The normalized spacial score (nSPS) is 11.6. The third-order valence-corrected chi connectivity index (χ3v) is 31.0. The molecule has 30 rings (SSSR count). The summed E-state index contributed by atoms with van der Waals surface area (Å²) in [6.45, 7) is 0. The van der Waals surface area contributed by atoms with Crippen molar-refractivity contribution in [2.45, 2.75) is 0 Å². The average molecular weight is 1870 g/mol. The SMILES string of the molecule is c1ccc(-c2cc(-c3ccccc3)c3ccc4c(-c5ccccc5)cc(-c5ccccc5)c5ccc2c3c54)cc1.c1ccc(-c2cc(-c3ccccc3)cc(-c3ccc4ccc5c(-c6cc(-c7ccccc7)cc(-c7ccccc7)c6)ccc6ccc3c4c65)c2)cc1.c1ccc2c(-c3cc(-c4cccc5ccccc45)c4ccc5c(-c6cccc7ccccc67)cc(-c6cccc7ccccc67)c6ccc3c4c65)cccc2c1. The van der Waals surface area contributed by atoms with Gasteiger partial charge in [-0.2, -0.15) is 0 Å². The Hall–Kier alpha value is -19.2. The van der Waals surface area contributed by atoms with Crippen molar-refractivity contribution in [3.63, 3.8) is 0 Å². The van der Waals surface area contributed by atoms with Gasteiger partial charge in [-0.15, -0.1) is 0 Å². The van der Waals surface area contributed by atoms with Crippen LogP contribution in [0.15, 0.2) is 570 Å². The average Bonchev–Trinajstić information content (AvgIpc) is 0.671. The second-order valence-corrected chi connectivity index (χ2v) is 39.3. The summed E-state index contributed by atoms with van der Waals surface area (Å²) in [5.41, 5.74) is 34.8. The van der Waals surface area contributed by atoms with E-state index in [9.17, 15) is 0 Å². The Bertz CT molecular complexity index is 9250. The molecule has 0 heterocycles.